The van der Waals surface area contributed by atoms with Crippen LogP contribution in [0, 0.1) is 74.5 Å². The van der Waals surface area contributed by atoms with Crippen molar-refractivity contribution in [1.82, 2.24) is 14.7 Å². The highest BCUT2D eigenvalue weighted by molar-refractivity contribution is 6.20. The number of hydrogen-bond acceptors (Lipinski definition) is 5. The fourth-order valence-electron chi connectivity index (χ4n) is 7.01. The Hall–Kier alpha value is -3.03. The van der Waals surface area contributed by atoms with Gasteiger partial charge in [0.2, 0.25) is 17.7 Å². The first-order valence-electron chi connectivity index (χ1n) is 15.2. The summed E-state index contributed by atoms with van der Waals surface area (Å²) in [5.74, 6) is -0.0307. The van der Waals surface area contributed by atoms with Gasteiger partial charge in [-0.25, -0.2) is 0 Å². The van der Waals surface area contributed by atoms with Gasteiger partial charge < -0.3 is 14.7 Å². The normalized spacial score (nSPS) is 23.8. The van der Waals surface area contributed by atoms with Crippen LogP contribution in [0.25, 0.3) is 0 Å². The van der Waals surface area contributed by atoms with Crippen molar-refractivity contribution in [3.05, 3.63) is 98.6 Å². The molecule has 43 heavy (non-hydrogen) atoms. The average molecular weight is 580 g/mol. The van der Waals surface area contributed by atoms with E-state index in [1.807, 2.05) is 17.0 Å². The molecule has 8 heteroatoms. The summed E-state index contributed by atoms with van der Waals surface area (Å²) in [4.78, 5) is 72.2. The fourth-order valence-corrected chi connectivity index (χ4v) is 7.01. The quantitative estimate of drug-likeness (QED) is 0.442. The van der Waals surface area contributed by atoms with Crippen molar-refractivity contribution in [2.75, 3.05) is 32.7 Å². The Balaban J connectivity index is 1.05. The van der Waals surface area contributed by atoms with Gasteiger partial charge in [-0.15, -0.1) is 0 Å². The number of nitrogens with zero attached hydrogens (tertiary/aromatic N) is 3. The summed E-state index contributed by atoms with van der Waals surface area (Å²) in [6.45, 7) is 3.78. The maximum atomic E-state index is 13.6. The lowest BCUT2D eigenvalue weighted by atomic mass is 9.69. The molecule has 5 aliphatic rings. The summed E-state index contributed by atoms with van der Waals surface area (Å²) in [6, 6.07) is 8.04. The summed E-state index contributed by atoms with van der Waals surface area (Å²) in [5, 5.41) is 0. The Labute approximate surface area is 255 Å². The number of ketones is 2. The minimum Gasteiger partial charge on any atom is -0.343 e. The van der Waals surface area contributed by atoms with Gasteiger partial charge in [-0.05, 0) is 95.1 Å². The Morgan fingerprint density at radius 1 is 0.837 bits per heavy atom. The van der Waals surface area contributed by atoms with Crippen molar-refractivity contribution in [1.29, 1.82) is 0 Å². The second kappa shape index (κ2) is 12.5. The van der Waals surface area contributed by atoms with Crippen molar-refractivity contribution >= 4 is 29.3 Å². The van der Waals surface area contributed by atoms with Gasteiger partial charge in [-0.1, -0.05) is 24.3 Å². The summed E-state index contributed by atoms with van der Waals surface area (Å²) in [6.07, 6.45) is 15.9. The van der Waals surface area contributed by atoms with E-state index in [1.54, 1.807) is 68.1 Å². The van der Waals surface area contributed by atoms with Crippen LogP contribution in [-0.2, 0) is 30.4 Å². The summed E-state index contributed by atoms with van der Waals surface area (Å²) in [7, 11) is 0. The molecule has 3 aliphatic heterocycles. The van der Waals surface area contributed by atoms with Gasteiger partial charge in [-0.2, -0.15) is 0 Å². The zero-order chi connectivity index (χ0) is 30.1. The van der Waals surface area contributed by atoms with Gasteiger partial charge in [0.05, 0.1) is 18.0 Å². The molecule has 3 heterocycles. The van der Waals surface area contributed by atoms with E-state index in [-0.39, 0.29) is 60.6 Å². The predicted octanol–water partition coefficient (Wildman–Crippen LogP) is 2.93. The number of carbonyl (C=O) groups is 5. The van der Waals surface area contributed by atoms with E-state index < -0.39 is 5.41 Å². The minimum atomic E-state index is -1.36. The Bertz CT molecular complexity index is 1230. The molecule has 4 fully saturated rings. The van der Waals surface area contributed by atoms with Crippen LogP contribution in [-0.4, -0.2) is 76.7 Å². The van der Waals surface area contributed by atoms with Crippen LogP contribution < -0.4 is 0 Å². The van der Waals surface area contributed by atoms with E-state index in [1.165, 1.54) is 5.56 Å². The van der Waals surface area contributed by atoms with Crippen molar-refractivity contribution in [3.8, 4) is 0 Å². The van der Waals surface area contributed by atoms with Crippen LogP contribution in [0.1, 0.15) is 49.8 Å². The van der Waals surface area contributed by atoms with Gasteiger partial charge in [-0.3, -0.25) is 24.0 Å². The molecule has 0 spiro atoms. The number of piperazine rings is 1. The molecule has 2 saturated heterocycles. The fraction of sp³-hybridized carbons (Fsp3) is 0.400. The lowest BCUT2D eigenvalue weighted by molar-refractivity contribution is -0.152. The number of amides is 3. The van der Waals surface area contributed by atoms with Crippen molar-refractivity contribution in [2.45, 2.75) is 45.1 Å². The van der Waals surface area contributed by atoms with Gasteiger partial charge >= 0.3 is 0 Å². The van der Waals surface area contributed by atoms with Gasteiger partial charge in [0.1, 0.15) is 0 Å². The molecule has 222 valence electrons. The number of piperidine rings is 1. The third-order valence-electron chi connectivity index (χ3n) is 9.65. The summed E-state index contributed by atoms with van der Waals surface area (Å²) < 4.78 is 0. The molecule has 10 radical (unpaired) electrons. The number of Topliss-reactive ketones (excluding diaryl/α,β-unsaturated/α-hetero) is 2. The molecule has 0 bridgehead atoms. The Morgan fingerprint density at radius 3 is 2.07 bits per heavy atom. The molecule has 2 saturated carbocycles. The minimum absolute atomic E-state index is 0.0117. The zero-order valence-electron chi connectivity index (χ0n) is 24.5. The monoisotopic (exact) mass is 579 g/mol. The van der Waals surface area contributed by atoms with Crippen LogP contribution in [0.2, 0.25) is 0 Å². The van der Waals surface area contributed by atoms with Gasteiger partial charge in [0.15, 0.2) is 11.6 Å². The van der Waals surface area contributed by atoms with E-state index in [0.29, 0.717) is 50.9 Å². The molecule has 2 aliphatic carbocycles. The van der Waals surface area contributed by atoms with Crippen LogP contribution in [0.5, 0.6) is 0 Å². The third kappa shape index (κ3) is 5.91. The average Bonchev–Trinajstić information content (AvgIpc) is 3.78. The lowest BCUT2D eigenvalue weighted by Crippen LogP contribution is -2.57. The zero-order valence-corrected chi connectivity index (χ0v) is 24.5. The molecule has 6 rings (SSSR count). The maximum absolute atomic E-state index is 13.6. The van der Waals surface area contributed by atoms with Gasteiger partial charge in [0.25, 0.3) is 0 Å². The molecule has 0 N–H and O–H groups in total. The first kappa shape index (κ1) is 30.0. The van der Waals surface area contributed by atoms with Crippen LogP contribution in [0.4, 0.5) is 0 Å². The van der Waals surface area contributed by atoms with E-state index in [4.69, 9.17) is 0 Å². The smallest absolute Gasteiger partial charge is 0.242 e. The molecular weight excluding hydrogens is 542 g/mol. The number of carbonyl (C=O) groups excluding carboxylic acids is 5. The Morgan fingerprint density at radius 2 is 1.44 bits per heavy atom. The molecular formula is C35H37N3O5. The first-order valence-corrected chi connectivity index (χ1v) is 15.2. The largest absolute Gasteiger partial charge is 0.343 e. The third-order valence-corrected chi connectivity index (χ3v) is 9.65. The van der Waals surface area contributed by atoms with Crippen molar-refractivity contribution in [3.63, 3.8) is 0 Å². The van der Waals surface area contributed by atoms with Crippen LogP contribution >= 0.6 is 0 Å². The highest BCUT2D eigenvalue weighted by Crippen LogP contribution is 2.41. The molecule has 1 aromatic carbocycles. The van der Waals surface area contributed by atoms with Crippen molar-refractivity contribution in [2.24, 2.45) is 11.3 Å². The topological polar surface area (TPSA) is 95.1 Å². The van der Waals surface area contributed by atoms with E-state index in [9.17, 15) is 24.0 Å². The number of benzene rings is 1. The first-order chi connectivity index (χ1) is 20.8. The second-order valence-corrected chi connectivity index (χ2v) is 12.3. The second-order valence-electron chi connectivity index (χ2n) is 12.3. The van der Waals surface area contributed by atoms with Crippen LogP contribution in [0.3, 0.4) is 0 Å². The van der Waals surface area contributed by atoms with Crippen LogP contribution in [0.15, 0.2) is 24.3 Å². The highest BCUT2D eigenvalue weighted by atomic mass is 16.2. The number of likely N-dealkylation sites (tertiary alicyclic amines) is 1. The van der Waals surface area contributed by atoms with E-state index in [0.717, 1.165) is 12.0 Å². The summed E-state index contributed by atoms with van der Waals surface area (Å²) in [5.41, 5.74) is 1.00. The molecule has 3 amide bonds. The lowest BCUT2D eigenvalue weighted by Gasteiger charge is -2.45. The molecule has 1 atom stereocenters. The number of hydrogen-bond donors (Lipinski definition) is 0. The maximum Gasteiger partial charge on any atom is 0.242 e. The SMILES string of the molecule is CC(CCC(=O)N1CCC(C(=O)N2CC(=O)N3CCc4ccccc4C3C2)CC1)(C(=O)[C]1[CH][CH][CH][CH]1)C(=O)[C]1[CH][CH][CH][CH]1. The predicted molar refractivity (Wildman–Crippen MR) is 159 cm³/mol. The molecule has 1 aromatic rings. The van der Waals surface area contributed by atoms with E-state index in [2.05, 4.69) is 12.1 Å². The van der Waals surface area contributed by atoms with E-state index >= 15 is 0 Å². The molecule has 1 unspecified atom stereocenters. The summed E-state index contributed by atoms with van der Waals surface area (Å²) >= 11 is 0. The highest BCUT2D eigenvalue weighted by Gasteiger charge is 2.48. The molecule has 8 nitrogen and oxygen atoms in total. The van der Waals surface area contributed by atoms with Gasteiger partial charge in [0, 0.05) is 50.4 Å². The standard InChI is InChI=1S/C35H37N3O5/c1-35(32(41)25-9-2-3-10-25,33(42)26-11-4-5-12-26)18-14-30(39)36-19-15-27(16-20-36)34(43)37-22-29-28-13-7-6-8-24(28)17-21-38(29)31(40)23-37/h2-13,27,29H,14-23H2,1H3. The molecule has 0 aromatic heterocycles. The Kier molecular flexibility index (Phi) is 8.74. The number of rotatable bonds is 8. The number of fused-ring (bicyclic) bond motifs is 3. The van der Waals surface area contributed by atoms with Crippen molar-refractivity contribution < 1.29 is 24.0 Å².